The van der Waals surface area contributed by atoms with Gasteiger partial charge in [-0.25, -0.2) is 0 Å². The molecule has 450 valence electrons. The van der Waals surface area contributed by atoms with Gasteiger partial charge in [-0.2, -0.15) is 0 Å². The van der Waals surface area contributed by atoms with Gasteiger partial charge in [-0.15, -0.1) is 0 Å². The molecular formula is C73H122O6. The van der Waals surface area contributed by atoms with Crippen molar-refractivity contribution in [1.82, 2.24) is 0 Å². The van der Waals surface area contributed by atoms with Crippen LogP contribution in [0.5, 0.6) is 0 Å². The number of esters is 3. The van der Waals surface area contributed by atoms with Crippen LogP contribution in [0, 0.1) is 0 Å². The van der Waals surface area contributed by atoms with E-state index in [1.807, 2.05) is 0 Å². The largest absolute Gasteiger partial charge is 0.462 e. The summed E-state index contributed by atoms with van der Waals surface area (Å²) < 4.78 is 16.9. The number of allylic oxidation sites excluding steroid dienone is 20. The number of carbonyl (C=O) groups excluding carboxylic acids is 3. The fourth-order valence-corrected chi connectivity index (χ4v) is 9.03. The molecule has 6 nitrogen and oxygen atoms in total. The van der Waals surface area contributed by atoms with Crippen molar-refractivity contribution in [3.8, 4) is 0 Å². The molecule has 0 radical (unpaired) electrons. The number of unbranched alkanes of at least 4 members (excludes halogenated alkanes) is 28. The fraction of sp³-hybridized carbons (Fsp3) is 0.685. The average molecular weight is 1100 g/mol. The maximum atomic E-state index is 12.9. The Balaban J connectivity index is 4.42. The second-order valence-electron chi connectivity index (χ2n) is 21.6. The predicted octanol–water partition coefficient (Wildman–Crippen LogP) is 22.8. The van der Waals surface area contributed by atoms with Crippen molar-refractivity contribution in [2.24, 2.45) is 0 Å². The van der Waals surface area contributed by atoms with E-state index in [-0.39, 0.29) is 37.5 Å². The zero-order valence-corrected chi connectivity index (χ0v) is 51.6. The zero-order valence-electron chi connectivity index (χ0n) is 51.6. The van der Waals surface area contributed by atoms with Crippen molar-refractivity contribution in [3.63, 3.8) is 0 Å². The molecule has 79 heavy (non-hydrogen) atoms. The predicted molar refractivity (Wildman–Crippen MR) is 343 cm³/mol. The van der Waals surface area contributed by atoms with Crippen LogP contribution < -0.4 is 0 Å². The molecule has 0 aliphatic rings. The van der Waals surface area contributed by atoms with Crippen LogP contribution in [-0.4, -0.2) is 37.2 Å². The number of ether oxygens (including phenoxy) is 3. The summed E-state index contributed by atoms with van der Waals surface area (Å²) in [6.45, 7) is 6.48. The van der Waals surface area contributed by atoms with E-state index in [1.165, 1.54) is 141 Å². The molecule has 0 N–H and O–H groups in total. The maximum absolute atomic E-state index is 12.9. The summed E-state index contributed by atoms with van der Waals surface area (Å²) in [6.07, 6.45) is 92.1. The molecule has 0 fully saturated rings. The van der Waals surface area contributed by atoms with Gasteiger partial charge in [0, 0.05) is 19.3 Å². The minimum Gasteiger partial charge on any atom is -0.462 e. The van der Waals surface area contributed by atoms with E-state index in [9.17, 15) is 14.4 Å². The number of hydrogen-bond donors (Lipinski definition) is 0. The molecule has 0 rings (SSSR count). The number of hydrogen-bond acceptors (Lipinski definition) is 6. The SMILES string of the molecule is CC/C=C\C/C=C\C/C=C\C/C=C\C/C=C\C/C=C\C/C=C\C/C=C\C/C=C\CCCC(=O)OCC(COC(=O)CCCCCCC/C=C\CCCCCC)OC(=O)CCCCCCCCCCCCCCCCCCCCC. The summed E-state index contributed by atoms with van der Waals surface area (Å²) >= 11 is 0. The lowest BCUT2D eigenvalue weighted by Gasteiger charge is -2.18. The lowest BCUT2D eigenvalue weighted by atomic mass is 10.0. The minimum absolute atomic E-state index is 0.0999. The molecule has 0 heterocycles. The molecule has 0 aromatic heterocycles. The quantitative estimate of drug-likeness (QED) is 0.0261. The Morgan fingerprint density at radius 3 is 0.848 bits per heavy atom. The molecule has 0 aliphatic heterocycles. The monoisotopic (exact) mass is 1090 g/mol. The molecule has 1 atom stereocenters. The molecule has 0 amide bonds. The molecule has 6 heteroatoms. The van der Waals surface area contributed by atoms with Gasteiger partial charge < -0.3 is 14.2 Å². The van der Waals surface area contributed by atoms with Gasteiger partial charge >= 0.3 is 17.9 Å². The summed E-state index contributed by atoms with van der Waals surface area (Å²) in [6, 6.07) is 0. The van der Waals surface area contributed by atoms with Crippen LogP contribution in [-0.2, 0) is 28.6 Å². The van der Waals surface area contributed by atoms with E-state index in [0.29, 0.717) is 19.3 Å². The van der Waals surface area contributed by atoms with Crippen LogP contribution in [0.2, 0.25) is 0 Å². The van der Waals surface area contributed by atoms with Gasteiger partial charge in [0.2, 0.25) is 0 Å². The zero-order chi connectivity index (χ0) is 57.1. The van der Waals surface area contributed by atoms with Crippen molar-refractivity contribution in [1.29, 1.82) is 0 Å². The van der Waals surface area contributed by atoms with E-state index in [0.717, 1.165) is 116 Å². The molecular weight excluding hydrogens is 973 g/mol. The summed E-state index contributed by atoms with van der Waals surface area (Å²) in [7, 11) is 0. The van der Waals surface area contributed by atoms with Gasteiger partial charge in [0.15, 0.2) is 6.10 Å². The number of carbonyl (C=O) groups is 3. The third-order valence-corrected chi connectivity index (χ3v) is 14.0. The van der Waals surface area contributed by atoms with Gasteiger partial charge in [0.25, 0.3) is 0 Å². The molecule has 0 saturated heterocycles. The van der Waals surface area contributed by atoms with Crippen LogP contribution in [0.15, 0.2) is 122 Å². The smallest absolute Gasteiger partial charge is 0.306 e. The highest BCUT2D eigenvalue weighted by molar-refractivity contribution is 5.71. The standard InChI is InChI=1S/C73H122O6/c1-4-7-10-13-16-19-22-25-27-29-31-32-33-34-35-36-37-38-39-40-42-43-45-48-51-54-57-60-63-66-72(75)78-69-70(68-77-71(74)65-62-59-56-53-50-47-24-21-18-15-12-9-6-3)79-73(76)67-64-61-58-55-52-49-46-44-41-30-28-26-23-20-17-14-11-8-5-2/h7,10,16,19,21,24-25,27,31-32,34-35,37-38,40,42,45,48,54,57,70H,4-6,8-9,11-15,17-18,20,22-23,26,28-30,33,36,39,41,43-44,46-47,49-53,55-56,58-69H2,1-3H3/b10-7-,19-16-,24-21-,27-25-,32-31-,35-34-,38-37-,42-40-,48-45-,57-54-. The Bertz CT molecular complexity index is 1640. The molecule has 1 unspecified atom stereocenters. The Morgan fingerprint density at radius 1 is 0.266 bits per heavy atom. The van der Waals surface area contributed by atoms with Crippen LogP contribution in [0.4, 0.5) is 0 Å². The van der Waals surface area contributed by atoms with Crippen molar-refractivity contribution in [2.45, 2.75) is 309 Å². The molecule has 0 bridgehead atoms. The van der Waals surface area contributed by atoms with E-state index in [4.69, 9.17) is 14.2 Å². The first-order valence-corrected chi connectivity index (χ1v) is 33.0. The van der Waals surface area contributed by atoms with Crippen LogP contribution in [0.25, 0.3) is 0 Å². The first-order valence-electron chi connectivity index (χ1n) is 33.0. The molecule has 0 aliphatic carbocycles. The maximum Gasteiger partial charge on any atom is 0.306 e. The van der Waals surface area contributed by atoms with Crippen molar-refractivity contribution in [3.05, 3.63) is 122 Å². The first kappa shape index (κ1) is 74.8. The Hall–Kier alpha value is -4.19. The van der Waals surface area contributed by atoms with Crippen LogP contribution in [0.3, 0.4) is 0 Å². The summed E-state index contributed by atoms with van der Waals surface area (Å²) in [5, 5.41) is 0. The first-order chi connectivity index (χ1) is 39.0. The fourth-order valence-electron chi connectivity index (χ4n) is 9.03. The summed E-state index contributed by atoms with van der Waals surface area (Å²) in [5.41, 5.74) is 0. The number of rotatable bonds is 59. The van der Waals surface area contributed by atoms with Crippen molar-refractivity contribution in [2.75, 3.05) is 13.2 Å². The topological polar surface area (TPSA) is 78.9 Å². The van der Waals surface area contributed by atoms with Gasteiger partial charge in [-0.3, -0.25) is 14.4 Å². The van der Waals surface area contributed by atoms with Crippen molar-refractivity contribution >= 4 is 17.9 Å². The van der Waals surface area contributed by atoms with Crippen LogP contribution in [0.1, 0.15) is 303 Å². The second-order valence-corrected chi connectivity index (χ2v) is 21.6. The average Bonchev–Trinajstić information content (AvgIpc) is 3.45. The highest BCUT2D eigenvalue weighted by Gasteiger charge is 2.19. The normalized spacial score (nSPS) is 12.9. The van der Waals surface area contributed by atoms with Crippen molar-refractivity contribution < 1.29 is 28.6 Å². The molecule has 0 aromatic rings. The molecule has 0 aromatic carbocycles. The Morgan fingerprint density at radius 2 is 0.506 bits per heavy atom. The molecule has 0 saturated carbocycles. The molecule has 0 spiro atoms. The van der Waals surface area contributed by atoms with Gasteiger partial charge in [-0.05, 0) is 109 Å². The lowest BCUT2D eigenvalue weighted by molar-refractivity contribution is -0.167. The highest BCUT2D eigenvalue weighted by Crippen LogP contribution is 2.16. The van der Waals surface area contributed by atoms with Gasteiger partial charge in [0.1, 0.15) is 13.2 Å². The third kappa shape index (κ3) is 64.5. The van der Waals surface area contributed by atoms with E-state index in [1.54, 1.807) is 0 Å². The minimum atomic E-state index is -0.807. The van der Waals surface area contributed by atoms with E-state index >= 15 is 0 Å². The third-order valence-electron chi connectivity index (χ3n) is 14.0. The van der Waals surface area contributed by atoms with Gasteiger partial charge in [0.05, 0.1) is 0 Å². The van der Waals surface area contributed by atoms with E-state index in [2.05, 4.69) is 142 Å². The van der Waals surface area contributed by atoms with Gasteiger partial charge in [-0.1, -0.05) is 296 Å². The Labute approximate surface area is 488 Å². The second kappa shape index (κ2) is 66.3. The lowest BCUT2D eigenvalue weighted by Crippen LogP contribution is -2.30. The summed E-state index contributed by atoms with van der Waals surface area (Å²) in [5.74, 6) is -0.962. The van der Waals surface area contributed by atoms with Crippen LogP contribution >= 0.6 is 0 Å². The Kier molecular flexibility index (Phi) is 62.8. The highest BCUT2D eigenvalue weighted by atomic mass is 16.6. The summed E-state index contributed by atoms with van der Waals surface area (Å²) in [4.78, 5) is 38.3. The van der Waals surface area contributed by atoms with E-state index < -0.39 is 6.10 Å².